The second-order valence-corrected chi connectivity index (χ2v) is 6.69. The highest BCUT2D eigenvalue weighted by Crippen LogP contribution is 2.37. The molecule has 2 aromatic rings. The van der Waals surface area contributed by atoms with Crippen molar-refractivity contribution in [1.82, 2.24) is 4.90 Å². The van der Waals surface area contributed by atoms with Crippen LogP contribution in [0.4, 0.5) is 4.39 Å². The summed E-state index contributed by atoms with van der Waals surface area (Å²) < 4.78 is 20.8. The molecule has 3 rings (SSSR count). The van der Waals surface area contributed by atoms with E-state index in [0.29, 0.717) is 17.7 Å². The number of carbonyl (C=O) groups excluding carboxylic acids is 1. The summed E-state index contributed by atoms with van der Waals surface area (Å²) in [7, 11) is 1.61. The van der Waals surface area contributed by atoms with Crippen LogP contribution in [0.25, 0.3) is 0 Å². The number of amides is 1. The second kappa shape index (κ2) is 6.42. The van der Waals surface area contributed by atoms with Gasteiger partial charge < -0.3 is 9.64 Å². The number of halogens is 2. The van der Waals surface area contributed by atoms with Gasteiger partial charge in [0.1, 0.15) is 0 Å². The molecular weight excluding hydrogens is 361 g/mol. The minimum absolute atomic E-state index is 0.0802. The number of hydrogen-bond acceptors (Lipinski definition) is 2. The maximum absolute atomic E-state index is 14.9. The lowest BCUT2D eigenvalue weighted by atomic mass is 9.87. The van der Waals surface area contributed by atoms with E-state index in [0.717, 1.165) is 10.0 Å². The molecule has 1 saturated heterocycles. The standard InChI is InChI=1S/C18H17BrFNO2/c1-23-10-13-4-2-5-14(8-13)17(22)21-11-18(20,12-21)15-6-3-7-16(19)9-15/h2-9H,10-12H2,1H3. The summed E-state index contributed by atoms with van der Waals surface area (Å²) in [4.78, 5) is 14.0. The Labute approximate surface area is 143 Å². The van der Waals surface area contributed by atoms with Crippen molar-refractivity contribution in [2.75, 3.05) is 20.2 Å². The number of alkyl halides is 1. The third kappa shape index (κ3) is 3.31. The number of hydrogen-bond donors (Lipinski definition) is 0. The molecule has 1 aliphatic heterocycles. The van der Waals surface area contributed by atoms with Gasteiger partial charge in [-0.05, 0) is 35.4 Å². The van der Waals surface area contributed by atoms with Gasteiger partial charge in [-0.15, -0.1) is 0 Å². The molecule has 0 atom stereocenters. The Balaban J connectivity index is 1.71. The van der Waals surface area contributed by atoms with E-state index < -0.39 is 5.67 Å². The summed E-state index contributed by atoms with van der Waals surface area (Å²) in [6.45, 7) is 0.611. The smallest absolute Gasteiger partial charge is 0.254 e. The molecule has 1 heterocycles. The Bertz CT molecular complexity index is 728. The molecule has 1 fully saturated rings. The third-order valence-corrected chi connectivity index (χ3v) is 4.49. The van der Waals surface area contributed by atoms with Gasteiger partial charge in [0.25, 0.3) is 5.91 Å². The minimum Gasteiger partial charge on any atom is -0.380 e. The van der Waals surface area contributed by atoms with Gasteiger partial charge >= 0.3 is 0 Å². The molecule has 23 heavy (non-hydrogen) atoms. The molecule has 0 bridgehead atoms. The van der Waals surface area contributed by atoms with E-state index in [9.17, 15) is 9.18 Å². The van der Waals surface area contributed by atoms with Crippen molar-refractivity contribution in [3.8, 4) is 0 Å². The first-order valence-corrected chi connectivity index (χ1v) is 8.13. The van der Waals surface area contributed by atoms with Crippen molar-refractivity contribution >= 4 is 21.8 Å². The highest BCUT2D eigenvalue weighted by Gasteiger charge is 2.47. The lowest BCUT2D eigenvalue weighted by Crippen LogP contribution is -2.58. The molecule has 1 amide bonds. The van der Waals surface area contributed by atoms with Gasteiger partial charge in [0.2, 0.25) is 0 Å². The molecule has 3 nitrogen and oxygen atoms in total. The van der Waals surface area contributed by atoms with Crippen LogP contribution in [0.5, 0.6) is 0 Å². The van der Waals surface area contributed by atoms with E-state index in [-0.39, 0.29) is 19.0 Å². The molecule has 2 aromatic carbocycles. The van der Waals surface area contributed by atoms with Crippen LogP contribution >= 0.6 is 15.9 Å². The number of carbonyl (C=O) groups is 1. The van der Waals surface area contributed by atoms with Crippen molar-refractivity contribution in [2.24, 2.45) is 0 Å². The average molecular weight is 378 g/mol. The van der Waals surface area contributed by atoms with Crippen molar-refractivity contribution < 1.29 is 13.9 Å². The van der Waals surface area contributed by atoms with Crippen molar-refractivity contribution in [2.45, 2.75) is 12.3 Å². The van der Waals surface area contributed by atoms with Gasteiger partial charge in [-0.25, -0.2) is 4.39 Å². The van der Waals surface area contributed by atoms with Gasteiger partial charge in [-0.2, -0.15) is 0 Å². The zero-order valence-electron chi connectivity index (χ0n) is 12.8. The Morgan fingerprint density at radius 2 is 2.00 bits per heavy atom. The van der Waals surface area contributed by atoms with Crippen molar-refractivity contribution in [3.63, 3.8) is 0 Å². The van der Waals surface area contributed by atoms with Gasteiger partial charge in [0.05, 0.1) is 19.7 Å². The Morgan fingerprint density at radius 1 is 1.26 bits per heavy atom. The predicted molar refractivity (Wildman–Crippen MR) is 90.0 cm³/mol. The Hall–Kier alpha value is -1.72. The van der Waals surface area contributed by atoms with Crippen LogP contribution in [0.15, 0.2) is 53.0 Å². The maximum Gasteiger partial charge on any atom is 0.254 e. The highest BCUT2D eigenvalue weighted by atomic mass is 79.9. The van der Waals surface area contributed by atoms with Crippen molar-refractivity contribution in [3.05, 3.63) is 69.7 Å². The summed E-state index contributed by atoms with van der Waals surface area (Å²) in [6, 6.07) is 14.4. The molecule has 1 aliphatic rings. The van der Waals surface area contributed by atoms with Crippen LogP contribution in [0.2, 0.25) is 0 Å². The molecule has 0 saturated carbocycles. The molecule has 0 aromatic heterocycles. The lowest BCUT2D eigenvalue weighted by Gasteiger charge is -2.44. The number of methoxy groups -OCH3 is 1. The number of rotatable bonds is 4. The zero-order valence-corrected chi connectivity index (χ0v) is 14.3. The monoisotopic (exact) mass is 377 g/mol. The topological polar surface area (TPSA) is 29.5 Å². The van der Waals surface area contributed by atoms with Crippen LogP contribution in [-0.4, -0.2) is 31.0 Å². The van der Waals surface area contributed by atoms with Gasteiger partial charge in [0, 0.05) is 17.1 Å². The number of benzene rings is 2. The first-order valence-electron chi connectivity index (χ1n) is 7.34. The SMILES string of the molecule is COCc1cccc(C(=O)N2CC(F)(c3cccc(Br)c3)C2)c1. The molecular formula is C18H17BrFNO2. The van der Waals surface area contributed by atoms with Gasteiger partial charge in [0.15, 0.2) is 5.67 Å². The van der Waals surface area contributed by atoms with Crippen LogP contribution in [0.3, 0.4) is 0 Å². The van der Waals surface area contributed by atoms with E-state index in [4.69, 9.17) is 4.74 Å². The summed E-state index contributed by atoms with van der Waals surface area (Å²) in [5.74, 6) is -0.147. The summed E-state index contributed by atoms with van der Waals surface area (Å²) in [5, 5.41) is 0. The van der Waals surface area contributed by atoms with Crippen LogP contribution in [0, 0.1) is 0 Å². The van der Waals surface area contributed by atoms with E-state index >= 15 is 0 Å². The van der Waals surface area contributed by atoms with Crippen molar-refractivity contribution in [1.29, 1.82) is 0 Å². The van der Waals surface area contributed by atoms with Gasteiger partial charge in [-0.1, -0.05) is 40.2 Å². The summed E-state index contributed by atoms with van der Waals surface area (Å²) in [6.07, 6.45) is 0. The normalized spacial score (nSPS) is 16.0. The largest absolute Gasteiger partial charge is 0.380 e. The zero-order chi connectivity index (χ0) is 16.4. The fourth-order valence-electron chi connectivity index (χ4n) is 2.80. The average Bonchev–Trinajstić information content (AvgIpc) is 2.52. The summed E-state index contributed by atoms with van der Waals surface area (Å²) in [5.41, 5.74) is 0.626. The molecule has 0 unspecified atom stereocenters. The molecule has 0 spiro atoms. The fraction of sp³-hybridized carbons (Fsp3) is 0.278. The van der Waals surface area contributed by atoms with Crippen LogP contribution < -0.4 is 0 Å². The Kier molecular flexibility index (Phi) is 4.50. The number of likely N-dealkylation sites (tertiary alicyclic amines) is 1. The van der Waals surface area contributed by atoms with Crippen LogP contribution in [-0.2, 0) is 17.0 Å². The fourth-order valence-corrected chi connectivity index (χ4v) is 3.19. The predicted octanol–water partition coefficient (Wildman–Crippen LogP) is 3.92. The highest BCUT2D eigenvalue weighted by molar-refractivity contribution is 9.10. The number of nitrogens with zero attached hydrogens (tertiary/aromatic N) is 1. The van der Waals surface area contributed by atoms with E-state index in [1.54, 1.807) is 37.4 Å². The van der Waals surface area contributed by atoms with Crippen LogP contribution in [0.1, 0.15) is 21.5 Å². The first kappa shape index (κ1) is 16.1. The summed E-state index contributed by atoms with van der Waals surface area (Å²) >= 11 is 3.35. The Morgan fingerprint density at radius 3 is 2.70 bits per heavy atom. The maximum atomic E-state index is 14.9. The van der Waals surface area contributed by atoms with Gasteiger partial charge in [-0.3, -0.25) is 4.79 Å². The van der Waals surface area contributed by atoms with E-state index in [1.165, 1.54) is 4.90 Å². The molecule has 120 valence electrons. The van der Waals surface area contributed by atoms with E-state index in [2.05, 4.69) is 15.9 Å². The molecule has 0 N–H and O–H groups in total. The quantitative estimate of drug-likeness (QED) is 0.807. The first-order chi connectivity index (χ1) is 11.0. The molecule has 0 radical (unpaired) electrons. The molecule has 5 heteroatoms. The lowest BCUT2D eigenvalue weighted by molar-refractivity contribution is -0.0231. The third-order valence-electron chi connectivity index (χ3n) is 4.00. The number of ether oxygens (including phenoxy) is 1. The minimum atomic E-state index is -1.47. The molecule has 0 aliphatic carbocycles. The van der Waals surface area contributed by atoms with E-state index in [1.807, 2.05) is 18.2 Å². The second-order valence-electron chi connectivity index (χ2n) is 5.77.